The predicted octanol–water partition coefficient (Wildman–Crippen LogP) is 4.38. The lowest BCUT2D eigenvalue weighted by Gasteiger charge is -2.08. The quantitative estimate of drug-likeness (QED) is 0.801. The van der Waals surface area contributed by atoms with Crippen molar-refractivity contribution in [3.8, 4) is 0 Å². The summed E-state index contributed by atoms with van der Waals surface area (Å²) in [4.78, 5) is 23.2. The average molecular weight is 327 g/mol. The number of ketones is 1. The molecule has 0 fully saturated rings. The number of aryl methyl sites for hydroxylation is 2. The van der Waals surface area contributed by atoms with Gasteiger partial charge >= 0.3 is 0 Å². The fourth-order valence-electron chi connectivity index (χ4n) is 2.19. The Balaban J connectivity index is 1.83. The molecular weight excluding hydrogens is 306 g/mol. The number of amides is 1. The molecule has 23 heavy (non-hydrogen) atoms. The first kappa shape index (κ1) is 17.3. The maximum atomic E-state index is 12.0. The van der Waals surface area contributed by atoms with Crippen LogP contribution in [0.25, 0.3) is 0 Å². The van der Waals surface area contributed by atoms with Crippen LogP contribution < -0.4 is 5.32 Å². The van der Waals surface area contributed by atoms with E-state index in [0.717, 1.165) is 5.75 Å². The van der Waals surface area contributed by atoms with Gasteiger partial charge in [-0.05, 0) is 56.2 Å². The number of nitrogens with one attached hydrogen (secondary N) is 1. The van der Waals surface area contributed by atoms with Gasteiger partial charge < -0.3 is 5.32 Å². The Morgan fingerprint density at radius 1 is 1.04 bits per heavy atom. The molecule has 120 valence electrons. The van der Waals surface area contributed by atoms with Gasteiger partial charge in [-0.25, -0.2) is 0 Å². The Bertz CT molecular complexity index is 708. The predicted molar refractivity (Wildman–Crippen MR) is 97.2 cm³/mol. The lowest BCUT2D eigenvalue weighted by Crippen LogP contribution is -2.14. The van der Waals surface area contributed by atoms with Gasteiger partial charge in [-0.2, -0.15) is 0 Å². The van der Waals surface area contributed by atoms with E-state index in [1.165, 1.54) is 23.6 Å². The van der Waals surface area contributed by atoms with Crippen molar-refractivity contribution in [1.82, 2.24) is 0 Å². The summed E-state index contributed by atoms with van der Waals surface area (Å²) in [5, 5.41) is 2.85. The number of carbonyl (C=O) groups is 2. The van der Waals surface area contributed by atoms with Crippen LogP contribution in [0.3, 0.4) is 0 Å². The van der Waals surface area contributed by atoms with Gasteiger partial charge in [0.1, 0.15) is 0 Å². The summed E-state index contributed by atoms with van der Waals surface area (Å²) < 4.78 is 0. The minimum Gasteiger partial charge on any atom is -0.325 e. The first-order chi connectivity index (χ1) is 11.0. The molecule has 0 saturated carbocycles. The Hall–Kier alpha value is -2.07. The lowest BCUT2D eigenvalue weighted by atomic mass is 10.1. The van der Waals surface area contributed by atoms with Crippen LogP contribution in [0.2, 0.25) is 0 Å². The minimum absolute atomic E-state index is 0.0203. The topological polar surface area (TPSA) is 46.2 Å². The summed E-state index contributed by atoms with van der Waals surface area (Å²) in [6.45, 7) is 5.69. The summed E-state index contributed by atoms with van der Waals surface area (Å²) >= 11 is 1.60. The molecule has 2 aromatic rings. The number of anilines is 1. The van der Waals surface area contributed by atoms with E-state index in [9.17, 15) is 9.59 Å². The number of carbonyl (C=O) groups excluding carboxylic acids is 2. The summed E-state index contributed by atoms with van der Waals surface area (Å²) in [5.41, 5.74) is 5.12. The summed E-state index contributed by atoms with van der Waals surface area (Å²) in [6, 6.07) is 13.3. The molecule has 3 nitrogen and oxygen atoms in total. The highest BCUT2D eigenvalue weighted by Gasteiger charge is 2.05. The Kier molecular flexibility index (Phi) is 5.99. The lowest BCUT2D eigenvalue weighted by molar-refractivity contribution is -0.113. The minimum atomic E-state index is -0.0316. The van der Waals surface area contributed by atoms with Crippen molar-refractivity contribution in [1.29, 1.82) is 0 Å². The molecule has 2 aromatic carbocycles. The molecule has 1 N–H and O–H groups in total. The molecule has 4 heteroatoms. The van der Waals surface area contributed by atoms with Gasteiger partial charge in [-0.1, -0.05) is 23.8 Å². The molecule has 1 amide bonds. The van der Waals surface area contributed by atoms with Gasteiger partial charge in [0.2, 0.25) is 5.91 Å². The Labute approximate surface area is 141 Å². The van der Waals surface area contributed by atoms with E-state index in [4.69, 9.17) is 0 Å². The van der Waals surface area contributed by atoms with Crippen molar-refractivity contribution >= 4 is 29.1 Å². The highest BCUT2D eigenvalue weighted by atomic mass is 32.2. The highest BCUT2D eigenvalue weighted by molar-refractivity contribution is 7.99. The van der Waals surface area contributed by atoms with Crippen LogP contribution in [-0.4, -0.2) is 17.4 Å². The fraction of sp³-hybridized carbons (Fsp3) is 0.263. The molecule has 0 radical (unpaired) electrons. The van der Waals surface area contributed by atoms with Crippen LogP contribution in [0.15, 0.2) is 42.5 Å². The smallest absolute Gasteiger partial charge is 0.234 e. The van der Waals surface area contributed by atoms with Crippen LogP contribution >= 0.6 is 11.8 Å². The second-order valence-electron chi connectivity index (χ2n) is 5.60. The largest absolute Gasteiger partial charge is 0.325 e. The van der Waals surface area contributed by atoms with Crippen molar-refractivity contribution in [3.05, 3.63) is 64.7 Å². The zero-order valence-corrected chi connectivity index (χ0v) is 14.5. The van der Waals surface area contributed by atoms with Gasteiger partial charge in [0.25, 0.3) is 0 Å². The van der Waals surface area contributed by atoms with Crippen LogP contribution in [0.5, 0.6) is 0 Å². The highest BCUT2D eigenvalue weighted by Crippen LogP contribution is 2.18. The number of Topliss-reactive ketones (excluding diaryl/α,β-unsaturated/α-hetero) is 1. The molecule has 0 bridgehead atoms. The molecule has 0 spiro atoms. The van der Waals surface area contributed by atoms with Crippen molar-refractivity contribution in [2.45, 2.75) is 26.5 Å². The van der Waals surface area contributed by atoms with E-state index < -0.39 is 0 Å². The van der Waals surface area contributed by atoms with Gasteiger partial charge in [0.05, 0.1) is 5.75 Å². The van der Waals surface area contributed by atoms with E-state index in [1.54, 1.807) is 36.0 Å². The maximum absolute atomic E-state index is 12.0. The SMILES string of the molecule is CC(=O)c1ccc(NC(=O)CSCc2cc(C)ccc2C)cc1. The summed E-state index contributed by atoms with van der Waals surface area (Å²) in [7, 11) is 0. The number of rotatable bonds is 6. The standard InChI is InChI=1S/C19H21NO2S/c1-13-4-5-14(2)17(10-13)11-23-12-19(22)20-18-8-6-16(7-9-18)15(3)21/h4-10H,11-12H2,1-3H3,(H,20,22). The monoisotopic (exact) mass is 327 g/mol. The first-order valence-corrected chi connectivity index (χ1v) is 8.66. The molecule has 0 atom stereocenters. The van der Waals surface area contributed by atoms with Crippen LogP contribution in [0.1, 0.15) is 34.0 Å². The Morgan fingerprint density at radius 2 is 1.74 bits per heavy atom. The summed E-state index contributed by atoms with van der Waals surface area (Å²) in [5.74, 6) is 1.22. The van der Waals surface area contributed by atoms with Crippen molar-refractivity contribution in [3.63, 3.8) is 0 Å². The molecule has 0 aliphatic rings. The number of hydrogen-bond donors (Lipinski definition) is 1. The zero-order valence-electron chi connectivity index (χ0n) is 13.7. The molecule has 0 aliphatic carbocycles. The molecule has 0 aliphatic heterocycles. The van der Waals surface area contributed by atoms with Gasteiger partial charge in [0.15, 0.2) is 5.78 Å². The average Bonchev–Trinajstić information content (AvgIpc) is 2.51. The van der Waals surface area contributed by atoms with Gasteiger partial charge in [-0.3, -0.25) is 9.59 Å². The second kappa shape index (κ2) is 7.97. The molecule has 0 heterocycles. The molecule has 0 saturated heterocycles. The maximum Gasteiger partial charge on any atom is 0.234 e. The van der Waals surface area contributed by atoms with E-state index in [-0.39, 0.29) is 11.7 Å². The molecule has 0 unspecified atom stereocenters. The van der Waals surface area contributed by atoms with Gasteiger partial charge in [0, 0.05) is 17.0 Å². The van der Waals surface area contributed by atoms with E-state index >= 15 is 0 Å². The first-order valence-electron chi connectivity index (χ1n) is 7.50. The van der Waals surface area contributed by atoms with Crippen LogP contribution in [0.4, 0.5) is 5.69 Å². The normalized spacial score (nSPS) is 10.4. The number of thioether (sulfide) groups is 1. The second-order valence-corrected chi connectivity index (χ2v) is 6.59. The van der Waals surface area contributed by atoms with Gasteiger partial charge in [-0.15, -0.1) is 11.8 Å². The third-order valence-electron chi connectivity index (χ3n) is 3.57. The summed E-state index contributed by atoms with van der Waals surface area (Å²) in [6.07, 6.45) is 0. The Morgan fingerprint density at radius 3 is 2.39 bits per heavy atom. The molecule has 0 aromatic heterocycles. The van der Waals surface area contributed by atoms with Crippen molar-refractivity contribution in [2.75, 3.05) is 11.1 Å². The van der Waals surface area contributed by atoms with E-state index in [2.05, 4.69) is 37.4 Å². The van der Waals surface area contributed by atoms with Crippen molar-refractivity contribution in [2.24, 2.45) is 0 Å². The van der Waals surface area contributed by atoms with Crippen LogP contribution in [-0.2, 0) is 10.5 Å². The molecular formula is C19H21NO2S. The number of benzene rings is 2. The van der Waals surface area contributed by atoms with E-state index in [0.29, 0.717) is 17.0 Å². The van der Waals surface area contributed by atoms with Crippen molar-refractivity contribution < 1.29 is 9.59 Å². The van der Waals surface area contributed by atoms with E-state index in [1.807, 2.05) is 0 Å². The van der Waals surface area contributed by atoms with Crippen LogP contribution in [0, 0.1) is 13.8 Å². The molecule has 2 rings (SSSR count). The zero-order chi connectivity index (χ0) is 16.8. The fourth-order valence-corrected chi connectivity index (χ4v) is 3.09. The third kappa shape index (κ3) is 5.25. The number of hydrogen-bond acceptors (Lipinski definition) is 3. The third-order valence-corrected chi connectivity index (χ3v) is 4.55.